The molecule has 1 aliphatic carbocycles. The first-order valence-corrected chi connectivity index (χ1v) is 8.67. The third-order valence-electron chi connectivity index (χ3n) is 3.92. The standard InChI is InChI=1S/C14H17N7OS/c1-2-4-12(3-1)21-6-5-11(19-21)8-23-14-18-17-13(22-14)7-20-10-15-9-16-20/h5-6,9-10,12H,1-4,7-8H2. The summed E-state index contributed by atoms with van der Waals surface area (Å²) in [5.74, 6) is 1.25. The molecule has 1 fully saturated rings. The molecule has 8 nitrogen and oxygen atoms in total. The lowest BCUT2D eigenvalue weighted by Crippen LogP contribution is -2.05. The van der Waals surface area contributed by atoms with Crippen LogP contribution >= 0.6 is 11.8 Å². The molecule has 1 saturated carbocycles. The van der Waals surface area contributed by atoms with Crippen molar-refractivity contribution in [1.82, 2.24) is 34.7 Å². The summed E-state index contributed by atoms with van der Waals surface area (Å²) in [7, 11) is 0. The molecule has 23 heavy (non-hydrogen) atoms. The SMILES string of the molecule is c1ncn(Cc2nnc(SCc3ccn(C4CCCC4)n3)o2)n1. The topological polar surface area (TPSA) is 87.5 Å². The fourth-order valence-electron chi connectivity index (χ4n) is 2.78. The van der Waals surface area contributed by atoms with E-state index < -0.39 is 0 Å². The van der Waals surface area contributed by atoms with Crippen LogP contribution in [0.4, 0.5) is 0 Å². The lowest BCUT2D eigenvalue weighted by molar-refractivity contribution is 0.397. The van der Waals surface area contributed by atoms with E-state index in [1.54, 1.807) is 11.0 Å². The quantitative estimate of drug-likeness (QED) is 0.640. The Bertz CT molecular complexity index is 745. The molecule has 0 N–H and O–H groups in total. The molecule has 0 atom stereocenters. The molecule has 0 spiro atoms. The number of nitrogens with zero attached hydrogens (tertiary/aromatic N) is 7. The molecule has 0 aromatic carbocycles. The predicted octanol–water partition coefficient (Wildman–Crippen LogP) is 2.31. The highest BCUT2D eigenvalue weighted by atomic mass is 32.2. The van der Waals surface area contributed by atoms with E-state index >= 15 is 0 Å². The Hall–Kier alpha value is -2.16. The van der Waals surface area contributed by atoms with Gasteiger partial charge in [-0.25, -0.2) is 9.67 Å². The Labute approximate surface area is 137 Å². The minimum Gasteiger partial charge on any atom is -0.414 e. The summed E-state index contributed by atoms with van der Waals surface area (Å²) in [6.45, 7) is 0.434. The van der Waals surface area contributed by atoms with Crippen LogP contribution in [0.25, 0.3) is 0 Å². The van der Waals surface area contributed by atoms with Crippen molar-refractivity contribution in [1.29, 1.82) is 0 Å². The highest BCUT2D eigenvalue weighted by Crippen LogP contribution is 2.29. The maximum atomic E-state index is 5.60. The van der Waals surface area contributed by atoms with E-state index in [1.165, 1.54) is 43.8 Å². The second-order valence-corrected chi connectivity index (χ2v) is 6.50. The number of thioether (sulfide) groups is 1. The van der Waals surface area contributed by atoms with E-state index in [9.17, 15) is 0 Å². The van der Waals surface area contributed by atoms with Gasteiger partial charge in [-0.2, -0.15) is 10.2 Å². The molecule has 0 unspecified atom stereocenters. The molecule has 1 aliphatic rings. The molecule has 3 aromatic heterocycles. The Morgan fingerprint density at radius 1 is 1.26 bits per heavy atom. The Kier molecular flexibility index (Phi) is 4.10. The highest BCUT2D eigenvalue weighted by molar-refractivity contribution is 7.98. The number of hydrogen-bond acceptors (Lipinski definition) is 7. The van der Waals surface area contributed by atoms with Crippen molar-refractivity contribution in [3.63, 3.8) is 0 Å². The van der Waals surface area contributed by atoms with E-state index in [2.05, 4.69) is 42.3 Å². The van der Waals surface area contributed by atoms with Gasteiger partial charge in [-0.3, -0.25) is 4.68 Å². The number of rotatable bonds is 6. The molecular weight excluding hydrogens is 314 g/mol. The van der Waals surface area contributed by atoms with Crippen molar-refractivity contribution in [3.8, 4) is 0 Å². The van der Waals surface area contributed by atoms with Crippen LogP contribution in [0.2, 0.25) is 0 Å². The van der Waals surface area contributed by atoms with Gasteiger partial charge < -0.3 is 4.42 Å². The molecule has 0 radical (unpaired) electrons. The van der Waals surface area contributed by atoms with Crippen molar-refractivity contribution in [2.75, 3.05) is 0 Å². The molecule has 9 heteroatoms. The molecule has 3 heterocycles. The largest absolute Gasteiger partial charge is 0.414 e. The maximum Gasteiger partial charge on any atom is 0.277 e. The van der Waals surface area contributed by atoms with Gasteiger partial charge in [0.15, 0.2) is 0 Å². The van der Waals surface area contributed by atoms with Gasteiger partial charge >= 0.3 is 0 Å². The summed E-state index contributed by atoms with van der Waals surface area (Å²) in [4.78, 5) is 3.88. The van der Waals surface area contributed by atoms with E-state index in [1.807, 2.05) is 0 Å². The van der Waals surface area contributed by atoms with Gasteiger partial charge in [-0.15, -0.1) is 10.2 Å². The fourth-order valence-corrected chi connectivity index (χ4v) is 3.45. The smallest absolute Gasteiger partial charge is 0.277 e. The summed E-state index contributed by atoms with van der Waals surface area (Å²) in [6.07, 6.45) is 10.3. The van der Waals surface area contributed by atoms with Crippen molar-refractivity contribution in [3.05, 3.63) is 36.5 Å². The third-order valence-corrected chi connectivity index (χ3v) is 4.77. The first-order chi connectivity index (χ1) is 11.4. The van der Waals surface area contributed by atoms with Crippen molar-refractivity contribution >= 4 is 11.8 Å². The van der Waals surface area contributed by atoms with Crippen LogP contribution in [-0.2, 0) is 12.3 Å². The van der Waals surface area contributed by atoms with Crippen LogP contribution in [0.15, 0.2) is 34.6 Å². The monoisotopic (exact) mass is 331 g/mol. The molecule has 120 valence electrons. The molecule has 0 bridgehead atoms. The maximum absolute atomic E-state index is 5.60. The van der Waals surface area contributed by atoms with E-state index in [0.29, 0.717) is 23.7 Å². The summed E-state index contributed by atoms with van der Waals surface area (Å²) < 4.78 is 9.35. The molecule has 0 amide bonds. The Balaban J connectivity index is 1.33. The van der Waals surface area contributed by atoms with Gasteiger partial charge in [0.05, 0.1) is 11.7 Å². The summed E-state index contributed by atoms with van der Waals surface area (Å²) >= 11 is 1.50. The minimum absolute atomic E-state index is 0.434. The molecule has 4 rings (SSSR count). The average Bonchev–Trinajstić information content (AvgIpc) is 3.33. The van der Waals surface area contributed by atoms with Crippen LogP contribution < -0.4 is 0 Å². The predicted molar refractivity (Wildman–Crippen MR) is 82.7 cm³/mol. The average molecular weight is 331 g/mol. The van der Waals surface area contributed by atoms with Gasteiger partial charge in [-0.1, -0.05) is 24.6 Å². The van der Waals surface area contributed by atoms with Crippen LogP contribution in [0, 0.1) is 0 Å². The molecule has 3 aromatic rings. The third kappa shape index (κ3) is 3.44. The molecular formula is C14H17N7OS. The normalized spacial score (nSPS) is 15.5. The second kappa shape index (κ2) is 6.53. The number of hydrogen-bond donors (Lipinski definition) is 0. The van der Waals surface area contributed by atoms with Crippen molar-refractivity contribution in [2.45, 2.75) is 49.2 Å². The van der Waals surface area contributed by atoms with Gasteiger partial charge in [0.25, 0.3) is 5.22 Å². The van der Waals surface area contributed by atoms with Gasteiger partial charge in [-0.05, 0) is 18.9 Å². The van der Waals surface area contributed by atoms with Crippen LogP contribution in [-0.4, -0.2) is 34.7 Å². The van der Waals surface area contributed by atoms with Crippen LogP contribution in [0.1, 0.15) is 43.3 Å². The summed E-state index contributed by atoms with van der Waals surface area (Å²) in [5, 5.41) is 17.3. The summed E-state index contributed by atoms with van der Waals surface area (Å²) in [6, 6.07) is 2.64. The van der Waals surface area contributed by atoms with Gasteiger partial charge in [0.1, 0.15) is 19.2 Å². The van der Waals surface area contributed by atoms with E-state index in [-0.39, 0.29) is 0 Å². The van der Waals surface area contributed by atoms with Gasteiger partial charge in [0.2, 0.25) is 5.89 Å². The highest BCUT2D eigenvalue weighted by Gasteiger charge is 2.17. The lowest BCUT2D eigenvalue weighted by Gasteiger charge is -2.08. The fraction of sp³-hybridized carbons (Fsp3) is 0.500. The lowest BCUT2D eigenvalue weighted by atomic mass is 10.3. The first kappa shape index (κ1) is 14.4. The summed E-state index contributed by atoms with van der Waals surface area (Å²) in [5.41, 5.74) is 1.04. The first-order valence-electron chi connectivity index (χ1n) is 7.68. The van der Waals surface area contributed by atoms with Crippen LogP contribution in [0.5, 0.6) is 0 Å². The Morgan fingerprint density at radius 3 is 3.00 bits per heavy atom. The zero-order chi connectivity index (χ0) is 15.5. The zero-order valence-electron chi connectivity index (χ0n) is 12.6. The second-order valence-electron chi connectivity index (χ2n) is 5.57. The van der Waals surface area contributed by atoms with E-state index in [0.717, 1.165) is 11.4 Å². The zero-order valence-corrected chi connectivity index (χ0v) is 13.4. The molecule has 0 saturated heterocycles. The number of aromatic nitrogens is 7. The van der Waals surface area contributed by atoms with Crippen molar-refractivity contribution in [2.24, 2.45) is 0 Å². The van der Waals surface area contributed by atoms with Crippen molar-refractivity contribution < 1.29 is 4.42 Å². The van der Waals surface area contributed by atoms with Gasteiger partial charge in [0, 0.05) is 11.9 Å². The molecule has 0 aliphatic heterocycles. The van der Waals surface area contributed by atoms with E-state index in [4.69, 9.17) is 4.42 Å². The van der Waals surface area contributed by atoms with Crippen LogP contribution in [0.3, 0.4) is 0 Å². The Morgan fingerprint density at radius 2 is 2.17 bits per heavy atom. The minimum atomic E-state index is 0.434.